The summed E-state index contributed by atoms with van der Waals surface area (Å²) >= 11 is 0. The van der Waals surface area contributed by atoms with Crippen LogP contribution in [-0.4, -0.2) is 48.9 Å². The van der Waals surface area contributed by atoms with E-state index in [9.17, 15) is 14.4 Å². The topological polar surface area (TPSA) is 79.0 Å². The van der Waals surface area contributed by atoms with Gasteiger partial charge in [-0.05, 0) is 37.1 Å². The molecule has 158 valence electrons. The van der Waals surface area contributed by atoms with E-state index in [0.717, 1.165) is 17.7 Å². The van der Waals surface area contributed by atoms with Crippen molar-refractivity contribution in [3.63, 3.8) is 0 Å². The second-order valence-electron chi connectivity index (χ2n) is 7.28. The summed E-state index contributed by atoms with van der Waals surface area (Å²) in [5, 5.41) is 2.86. The predicted molar refractivity (Wildman–Crippen MR) is 116 cm³/mol. The van der Waals surface area contributed by atoms with Crippen LogP contribution in [-0.2, 0) is 20.8 Å². The molecule has 7 heteroatoms. The summed E-state index contributed by atoms with van der Waals surface area (Å²) in [5.41, 5.74) is 2.46. The van der Waals surface area contributed by atoms with E-state index in [-0.39, 0.29) is 37.2 Å². The van der Waals surface area contributed by atoms with Crippen LogP contribution in [0.15, 0.2) is 48.5 Å². The summed E-state index contributed by atoms with van der Waals surface area (Å²) in [6.45, 7) is 3.89. The van der Waals surface area contributed by atoms with E-state index in [1.54, 1.807) is 31.0 Å². The van der Waals surface area contributed by atoms with Crippen molar-refractivity contribution in [1.29, 1.82) is 0 Å². The number of ether oxygens (including phenoxy) is 1. The number of aryl methyl sites for hydroxylation is 1. The number of anilines is 2. The van der Waals surface area contributed by atoms with Gasteiger partial charge in [-0.25, -0.2) is 0 Å². The van der Waals surface area contributed by atoms with E-state index in [0.29, 0.717) is 11.4 Å². The molecule has 7 nitrogen and oxygen atoms in total. The second kappa shape index (κ2) is 9.43. The van der Waals surface area contributed by atoms with Gasteiger partial charge in [0.05, 0.1) is 12.2 Å². The van der Waals surface area contributed by atoms with E-state index < -0.39 is 6.10 Å². The van der Waals surface area contributed by atoms with Crippen LogP contribution < -0.4 is 15.0 Å². The van der Waals surface area contributed by atoms with Gasteiger partial charge in [-0.3, -0.25) is 14.4 Å². The van der Waals surface area contributed by atoms with Crippen molar-refractivity contribution in [3.8, 4) is 5.75 Å². The Hall–Kier alpha value is -3.35. The van der Waals surface area contributed by atoms with Gasteiger partial charge in [-0.1, -0.05) is 37.3 Å². The summed E-state index contributed by atoms with van der Waals surface area (Å²) in [6, 6.07) is 14.9. The molecular weight excluding hydrogens is 382 g/mol. The minimum atomic E-state index is -0.600. The zero-order valence-corrected chi connectivity index (χ0v) is 17.6. The lowest BCUT2D eigenvalue weighted by molar-refractivity contribution is -0.133. The average molecular weight is 409 g/mol. The zero-order chi connectivity index (χ0) is 21.7. The normalized spacial score (nSPS) is 15.2. The number of nitrogens with zero attached hydrogens (tertiary/aromatic N) is 2. The fraction of sp³-hybridized carbons (Fsp3) is 0.348. The van der Waals surface area contributed by atoms with Crippen LogP contribution >= 0.6 is 0 Å². The summed E-state index contributed by atoms with van der Waals surface area (Å²) in [5.74, 6) is -0.0241. The number of rotatable bonds is 7. The number of nitrogens with one attached hydrogen (secondary N) is 1. The molecule has 0 bridgehead atoms. The van der Waals surface area contributed by atoms with Crippen LogP contribution in [0, 0.1) is 0 Å². The first-order valence-corrected chi connectivity index (χ1v) is 10.1. The SMILES string of the molecule is CCc1ccccc1NC(=O)CN(C)C(=O)CCN1C(=O)[C@H](C)Oc2ccccc21. The smallest absolute Gasteiger partial charge is 0.267 e. The fourth-order valence-electron chi connectivity index (χ4n) is 3.43. The predicted octanol–water partition coefficient (Wildman–Crippen LogP) is 2.85. The van der Waals surface area contributed by atoms with Crippen molar-refractivity contribution in [2.75, 3.05) is 30.4 Å². The molecule has 1 N–H and O–H groups in total. The van der Waals surface area contributed by atoms with Gasteiger partial charge in [-0.2, -0.15) is 0 Å². The van der Waals surface area contributed by atoms with Gasteiger partial charge >= 0.3 is 0 Å². The molecule has 0 unspecified atom stereocenters. The quantitative estimate of drug-likeness (QED) is 0.763. The van der Waals surface area contributed by atoms with Crippen molar-refractivity contribution in [1.82, 2.24) is 4.90 Å². The summed E-state index contributed by atoms with van der Waals surface area (Å²) < 4.78 is 5.62. The Morgan fingerprint density at radius 3 is 2.60 bits per heavy atom. The molecule has 0 radical (unpaired) electrons. The first-order valence-electron chi connectivity index (χ1n) is 10.1. The van der Waals surface area contributed by atoms with Crippen molar-refractivity contribution in [2.45, 2.75) is 32.8 Å². The van der Waals surface area contributed by atoms with Crippen LogP contribution in [0.5, 0.6) is 5.75 Å². The third-order valence-electron chi connectivity index (χ3n) is 5.10. The zero-order valence-electron chi connectivity index (χ0n) is 17.6. The molecule has 2 aromatic carbocycles. The van der Waals surface area contributed by atoms with Crippen LogP contribution in [0.4, 0.5) is 11.4 Å². The van der Waals surface area contributed by atoms with Gasteiger partial charge in [0.1, 0.15) is 5.75 Å². The fourth-order valence-corrected chi connectivity index (χ4v) is 3.43. The number of fused-ring (bicyclic) bond motifs is 1. The lowest BCUT2D eigenvalue weighted by atomic mass is 10.1. The van der Waals surface area contributed by atoms with E-state index in [4.69, 9.17) is 4.74 Å². The molecule has 1 atom stereocenters. The van der Waals surface area contributed by atoms with Crippen molar-refractivity contribution < 1.29 is 19.1 Å². The number of amides is 3. The van der Waals surface area contributed by atoms with Gasteiger partial charge in [-0.15, -0.1) is 0 Å². The number of likely N-dealkylation sites (N-methyl/N-ethyl adjacent to an activating group) is 1. The van der Waals surface area contributed by atoms with Crippen molar-refractivity contribution in [3.05, 3.63) is 54.1 Å². The molecule has 0 spiro atoms. The number of carbonyl (C=O) groups is 3. The summed E-state index contributed by atoms with van der Waals surface area (Å²) in [4.78, 5) is 40.4. The molecular formula is C23H27N3O4. The van der Waals surface area contributed by atoms with Crippen molar-refractivity contribution in [2.24, 2.45) is 0 Å². The van der Waals surface area contributed by atoms with Crippen LogP contribution in [0.2, 0.25) is 0 Å². The Morgan fingerprint density at radius 2 is 1.83 bits per heavy atom. The molecule has 0 aliphatic carbocycles. The van der Waals surface area contributed by atoms with Gasteiger partial charge in [0.2, 0.25) is 11.8 Å². The maximum absolute atomic E-state index is 12.6. The third-order valence-corrected chi connectivity index (χ3v) is 5.10. The van der Waals surface area contributed by atoms with E-state index >= 15 is 0 Å². The molecule has 1 heterocycles. The Labute approximate surface area is 176 Å². The second-order valence-corrected chi connectivity index (χ2v) is 7.28. The Kier molecular flexibility index (Phi) is 6.72. The number of benzene rings is 2. The minimum Gasteiger partial charge on any atom is -0.479 e. The molecule has 3 amide bonds. The molecule has 30 heavy (non-hydrogen) atoms. The third kappa shape index (κ3) is 4.79. The monoisotopic (exact) mass is 409 g/mol. The maximum atomic E-state index is 12.6. The number of carbonyl (C=O) groups excluding carboxylic acids is 3. The van der Waals surface area contributed by atoms with Gasteiger partial charge in [0.15, 0.2) is 6.10 Å². The van der Waals surface area contributed by atoms with Gasteiger partial charge < -0.3 is 19.9 Å². The maximum Gasteiger partial charge on any atom is 0.267 e. The Morgan fingerprint density at radius 1 is 1.13 bits per heavy atom. The minimum absolute atomic E-state index is 0.0546. The van der Waals surface area contributed by atoms with Gasteiger partial charge in [0, 0.05) is 25.7 Å². The Bertz CT molecular complexity index is 944. The van der Waals surface area contributed by atoms with Gasteiger partial charge in [0.25, 0.3) is 5.91 Å². The molecule has 0 saturated heterocycles. The number of hydrogen-bond donors (Lipinski definition) is 1. The molecule has 0 saturated carbocycles. The van der Waals surface area contributed by atoms with Crippen LogP contribution in [0.3, 0.4) is 0 Å². The number of hydrogen-bond acceptors (Lipinski definition) is 4. The highest BCUT2D eigenvalue weighted by molar-refractivity contribution is 6.00. The van der Waals surface area contributed by atoms with E-state index in [2.05, 4.69) is 5.32 Å². The molecule has 1 aliphatic rings. The summed E-state index contributed by atoms with van der Waals surface area (Å²) in [6.07, 6.45) is 0.318. The largest absolute Gasteiger partial charge is 0.479 e. The Balaban J connectivity index is 1.57. The molecule has 3 rings (SSSR count). The molecule has 1 aliphatic heterocycles. The molecule has 2 aromatic rings. The van der Waals surface area contributed by atoms with E-state index in [1.165, 1.54) is 4.90 Å². The summed E-state index contributed by atoms with van der Waals surface area (Å²) in [7, 11) is 1.59. The first-order chi connectivity index (χ1) is 14.4. The lowest BCUT2D eigenvalue weighted by Crippen LogP contribution is -2.46. The highest BCUT2D eigenvalue weighted by Crippen LogP contribution is 2.33. The lowest BCUT2D eigenvalue weighted by Gasteiger charge is -2.33. The van der Waals surface area contributed by atoms with Crippen LogP contribution in [0.25, 0.3) is 0 Å². The highest BCUT2D eigenvalue weighted by atomic mass is 16.5. The average Bonchev–Trinajstić information content (AvgIpc) is 2.74. The number of para-hydroxylation sites is 3. The van der Waals surface area contributed by atoms with Crippen molar-refractivity contribution >= 4 is 29.1 Å². The highest BCUT2D eigenvalue weighted by Gasteiger charge is 2.31. The molecule has 0 fully saturated rings. The molecule has 0 aromatic heterocycles. The standard InChI is InChI=1S/C23H27N3O4/c1-4-17-9-5-6-10-18(17)24-21(27)15-25(3)22(28)13-14-26-19-11-7-8-12-20(19)30-16(2)23(26)29/h5-12,16H,4,13-15H2,1-3H3,(H,24,27)/t16-/m0/s1. The first kappa shape index (κ1) is 21.4. The van der Waals surface area contributed by atoms with Crippen LogP contribution in [0.1, 0.15) is 25.8 Å². The van der Waals surface area contributed by atoms with E-state index in [1.807, 2.05) is 43.3 Å².